The zero-order valence-electron chi connectivity index (χ0n) is 10.6. The number of rotatable bonds is 5. The van der Waals surface area contributed by atoms with Gasteiger partial charge in [0.05, 0.1) is 0 Å². The third-order valence-electron chi connectivity index (χ3n) is 2.08. The molecule has 3 amide bonds. The number of hydrogen-bond acceptors (Lipinski definition) is 5. The van der Waals surface area contributed by atoms with Crippen molar-refractivity contribution in [3.63, 3.8) is 0 Å². The molecular formula is C12H13ClN2O5. The predicted molar refractivity (Wildman–Crippen MR) is 70.2 cm³/mol. The quantitative estimate of drug-likeness (QED) is 0.784. The van der Waals surface area contributed by atoms with Crippen molar-refractivity contribution in [2.75, 3.05) is 6.61 Å². The van der Waals surface area contributed by atoms with Crippen LogP contribution >= 0.6 is 11.6 Å². The number of halogens is 1. The number of nitrogens with one attached hydrogen (secondary N) is 1. The zero-order chi connectivity index (χ0) is 15.1. The van der Waals surface area contributed by atoms with Gasteiger partial charge in [-0.25, -0.2) is 9.59 Å². The minimum absolute atomic E-state index is 0.392. The average Bonchev–Trinajstić information content (AvgIpc) is 2.35. The minimum Gasteiger partial charge on any atom is -0.482 e. The van der Waals surface area contributed by atoms with Crippen molar-refractivity contribution in [3.05, 3.63) is 29.3 Å². The van der Waals surface area contributed by atoms with Gasteiger partial charge in [0.2, 0.25) is 0 Å². The molecule has 0 aliphatic carbocycles. The summed E-state index contributed by atoms with van der Waals surface area (Å²) < 4.78 is 9.88. The van der Waals surface area contributed by atoms with Crippen LogP contribution < -0.4 is 15.8 Å². The number of imide groups is 1. The first-order chi connectivity index (χ1) is 9.38. The number of urea groups is 1. The lowest BCUT2D eigenvalue weighted by atomic mass is 10.3. The van der Waals surface area contributed by atoms with E-state index in [0.717, 1.165) is 0 Å². The lowest BCUT2D eigenvalue weighted by molar-refractivity contribution is -0.156. The maximum Gasteiger partial charge on any atom is 0.344 e. The molecule has 0 spiro atoms. The van der Waals surface area contributed by atoms with Crippen LogP contribution in [0.1, 0.15) is 6.92 Å². The zero-order valence-corrected chi connectivity index (χ0v) is 11.3. The molecular weight excluding hydrogens is 288 g/mol. The monoisotopic (exact) mass is 300 g/mol. The molecule has 20 heavy (non-hydrogen) atoms. The molecule has 0 saturated heterocycles. The highest BCUT2D eigenvalue weighted by molar-refractivity contribution is 6.30. The van der Waals surface area contributed by atoms with Crippen LogP contribution in [-0.4, -0.2) is 30.6 Å². The topological polar surface area (TPSA) is 108 Å². The number of benzene rings is 1. The first-order valence-corrected chi connectivity index (χ1v) is 5.94. The molecule has 0 heterocycles. The Morgan fingerprint density at radius 2 is 2.10 bits per heavy atom. The van der Waals surface area contributed by atoms with E-state index in [9.17, 15) is 14.4 Å². The number of nitrogens with two attached hydrogens (primary N) is 1. The van der Waals surface area contributed by atoms with Crippen LogP contribution in [0.25, 0.3) is 0 Å². The molecule has 8 heteroatoms. The Bertz CT molecular complexity index is 520. The van der Waals surface area contributed by atoms with Gasteiger partial charge in [-0.3, -0.25) is 10.1 Å². The van der Waals surface area contributed by atoms with Crippen LogP contribution in [0.3, 0.4) is 0 Å². The Morgan fingerprint density at radius 1 is 1.40 bits per heavy atom. The standard InChI is InChI=1S/C12H13ClN2O5/c1-7(11(17)15-12(14)18)20-10(16)6-19-9-4-2-3-8(13)5-9/h2-5,7H,6H2,1H3,(H3,14,15,17,18). The molecule has 0 bridgehead atoms. The first-order valence-electron chi connectivity index (χ1n) is 5.56. The first kappa shape index (κ1) is 15.8. The summed E-state index contributed by atoms with van der Waals surface area (Å²) in [5.41, 5.74) is 4.76. The van der Waals surface area contributed by atoms with E-state index in [4.69, 9.17) is 26.8 Å². The summed E-state index contributed by atoms with van der Waals surface area (Å²) in [7, 11) is 0. The lowest BCUT2D eigenvalue weighted by Gasteiger charge is -2.12. The minimum atomic E-state index is -1.15. The van der Waals surface area contributed by atoms with Gasteiger partial charge in [0, 0.05) is 5.02 Å². The smallest absolute Gasteiger partial charge is 0.344 e. The van der Waals surface area contributed by atoms with Crippen molar-refractivity contribution >= 4 is 29.5 Å². The molecule has 1 atom stereocenters. The molecule has 1 unspecified atom stereocenters. The lowest BCUT2D eigenvalue weighted by Crippen LogP contribution is -2.42. The van der Waals surface area contributed by atoms with Crippen molar-refractivity contribution in [1.29, 1.82) is 0 Å². The Labute approximate surface area is 120 Å². The van der Waals surface area contributed by atoms with Gasteiger partial charge in [-0.1, -0.05) is 17.7 Å². The van der Waals surface area contributed by atoms with Crippen molar-refractivity contribution in [1.82, 2.24) is 5.32 Å². The number of amides is 3. The predicted octanol–water partition coefficient (Wildman–Crippen LogP) is 0.845. The molecule has 3 N–H and O–H groups in total. The Morgan fingerprint density at radius 3 is 2.70 bits per heavy atom. The number of esters is 1. The summed E-state index contributed by atoms with van der Waals surface area (Å²) in [6, 6.07) is 5.43. The van der Waals surface area contributed by atoms with Gasteiger partial charge in [0.25, 0.3) is 5.91 Å². The third kappa shape index (κ3) is 5.57. The van der Waals surface area contributed by atoms with Crippen LogP contribution in [0, 0.1) is 0 Å². The van der Waals surface area contributed by atoms with E-state index in [1.807, 2.05) is 0 Å². The van der Waals surface area contributed by atoms with Gasteiger partial charge in [0.1, 0.15) is 5.75 Å². The maximum atomic E-state index is 11.4. The van der Waals surface area contributed by atoms with E-state index in [1.54, 1.807) is 23.5 Å². The van der Waals surface area contributed by atoms with E-state index in [1.165, 1.54) is 13.0 Å². The summed E-state index contributed by atoms with van der Waals surface area (Å²) in [5, 5.41) is 2.26. The van der Waals surface area contributed by atoms with Gasteiger partial charge in [-0.2, -0.15) is 0 Å². The largest absolute Gasteiger partial charge is 0.482 e. The average molecular weight is 301 g/mol. The molecule has 1 aromatic carbocycles. The van der Waals surface area contributed by atoms with E-state index >= 15 is 0 Å². The molecule has 0 aromatic heterocycles. The van der Waals surface area contributed by atoms with Crippen molar-refractivity contribution in [2.24, 2.45) is 5.73 Å². The number of carbonyl (C=O) groups excluding carboxylic acids is 3. The Kier molecular flexibility index (Phi) is 5.79. The third-order valence-corrected chi connectivity index (χ3v) is 2.31. The van der Waals surface area contributed by atoms with Crippen LogP contribution in [0.5, 0.6) is 5.75 Å². The highest BCUT2D eigenvalue weighted by Crippen LogP contribution is 2.16. The van der Waals surface area contributed by atoms with E-state index in [-0.39, 0.29) is 0 Å². The highest BCUT2D eigenvalue weighted by atomic mass is 35.5. The van der Waals surface area contributed by atoms with Crippen molar-refractivity contribution in [3.8, 4) is 5.75 Å². The molecule has 7 nitrogen and oxygen atoms in total. The number of primary amides is 1. The van der Waals surface area contributed by atoms with Gasteiger partial charge >= 0.3 is 12.0 Å². The van der Waals surface area contributed by atoms with Gasteiger partial charge in [-0.05, 0) is 25.1 Å². The Balaban J connectivity index is 2.40. The Hall–Kier alpha value is -2.28. The van der Waals surface area contributed by atoms with Crippen LogP contribution in [0.15, 0.2) is 24.3 Å². The second kappa shape index (κ2) is 7.34. The fraction of sp³-hybridized carbons (Fsp3) is 0.250. The fourth-order valence-corrected chi connectivity index (χ4v) is 1.39. The second-order valence-corrected chi connectivity index (χ2v) is 4.17. The van der Waals surface area contributed by atoms with E-state index in [0.29, 0.717) is 10.8 Å². The van der Waals surface area contributed by atoms with Crippen LogP contribution in [-0.2, 0) is 14.3 Å². The number of hydrogen-bond donors (Lipinski definition) is 2. The number of carbonyl (C=O) groups is 3. The molecule has 0 fully saturated rings. The molecule has 0 radical (unpaired) electrons. The number of ether oxygens (including phenoxy) is 2. The summed E-state index contributed by atoms with van der Waals surface area (Å²) in [6.45, 7) is 0.907. The molecule has 108 valence electrons. The summed E-state index contributed by atoms with van der Waals surface area (Å²) in [4.78, 5) is 33.1. The van der Waals surface area contributed by atoms with Gasteiger partial charge in [-0.15, -0.1) is 0 Å². The van der Waals surface area contributed by atoms with E-state index in [2.05, 4.69) is 0 Å². The molecule has 0 saturated carbocycles. The summed E-state index contributed by atoms with van der Waals surface area (Å²) in [5.74, 6) is -1.19. The maximum absolute atomic E-state index is 11.4. The van der Waals surface area contributed by atoms with Gasteiger partial charge in [0.15, 0.2) is 12.7 Å². The SMILES string of the molecule is CC(OC(=O)COc1cccc(Cl)c1)C(=O)NC(N)=O. The van der Waals surface area contributed by atoms with Crippen LogP contribution in [0.2, 0.25) is 5.02 Å². The fourth-order valence-electron chi connectivity index (χ4n) is 1.21. The van der Waals surface area contributed by atoms with Crippen molar-refractivity contribution in [2.45, 2.75) is 13.0 Å². The molecule has 0 aliphatic heterocycles. The summed E-state index contributed by atoms with van der Waals surface area (Å²) in [6.07, 6.45) is -1.15. The molecule has 1 rings (SSSR count). The van der Waals surface area contributed by atoms with E-state index < -0.39 is 30.6 Å². The normalized spacial score (nSPS) is 11.3. The molecule has 0 aliphatic rings. The summed E-state index contributed by atoms with van der Waals surface area (Å²) >= 11 is 5.74. The molecule has 1 aromatic rings. The van der Waals surface area contributed by atoms with Crippen molar-refractivity contribution < 1.29 is 23.9 Å². The van der Waals surface area contributed by atoms with Gasteiger partial charge < -0.3 is 15.2 Å². The highest BCUT2D eigenvalue weighted by Gasteiger charge is 2.19. The second-order valence-electron chi connectivity index (χ2n) is 3.73. The van der Waals surface area contributed by atoms with Crippen LogP contribution in [0.4, 0.5) is 4.79 Å².